The van der Waals surface area contributed by atoms with E-state index in [2.05, 4.69) is 10.6 Å². The fourth-order valence-corrected chi connectivity index (χ4v) is 3.92. The van der Waals surface area contributed by atoms with Gasteiger partial charge in [0.15, 0.2) is 16.4 Å². The van der Waals surface area contributed by atoms with Gasteiger partial charge in [0, 0.05) is 11.3 Å². The van der Waals surface area contributed by atoms with Crippen molar-refractivity contribution < 1.29 is 19.1 Å². The molecule has 1 heterocycles. The van der Waals surface area contributed by atoms with E-state index in [1.807, 2.05) is 0 Å². The molecule has 10 heteroatoms. The number of nitrogens with zero attached hydrogens (tertiary/aromatic N) is 1. The molecule has 0 radical (unpaired) electrons. The van der Waals surface area contributed by atoms with Gasteiger partial charge in [-0.15, -0.1) is 11.6 Å². The highest BCUT2D eigenvalue weighted by Gasteiger charge is 2.53. The van der Waals surface area contributed by atoms with E-state index in [1.165, 1.54) is 23.3 Å². The number of anilines is 1. The number of furan rings is 1. The second-order valence-electron chi connectivity index (χ2n) is 7.06. The van der Waals surface area contributed by atoms with Crippen molar-refractivity contribution in [1.82, 2.24) is 10.2 Å². The number of alkyl halides is 1. The SMILES string of the molecule is CN(C)C1(O)C=CC(c2ccccc2NC(=O)c2ccco2)=CC1(Cl)C(=S)NC(N)=O. The average molecular weight is 461 g/mol. The van der Waals surface area contributed by atoms with Gasteiger partial charge in [-0.1, -0.05) is 36.5 Å². The zero-order valence-corrected chi connectivity index (χ0v) is 18.3. The third-order valence-corrected chi connectivity index (χ3v) is 5.98. The second-order valence-corrected chi connectivity index (χ2v) is 8.07. The van der Waals surface area contributed by atoms with Crippen molar-refractivity contribution in [1.29, 1.82) is 0 Å². The molecule has 0 aliphatic heterocycles. The van der Waals surface area contributed by atoms with Gasteiger partial charge in [-0.25, -0.2) is 4.79 Å². The molecule has 1 aromatic carbocycles. The number of likely N-dealkylation sites (N-methyl/N-ethyl adjacent to an activating group) is 1. The number of halogens is 1. The predicted molar refractivity (Wildman–Crippen MR) is 123 cm³/mol. The minimum Gasteiger partial charge on any atom is -0.459 e. The molecular formula is C21H21ClN4O4S. The Morgan fingerprint density at radius 3 is 2.55 bits per heavy atom. The molecule has 0 saturated heterocycles. The normalized spacial score (nSPS) is 22.7. The van der Waals surface area contributed by atoms with Gasteiger partial charge in [0.05, 0.1) is 6.26 Å². The van der Waals surface area contributed by atoms with Crippen LogP contribution in [0, 0.1) is 0 Å². The van der Waals surface area contributed by atoms with Crippen LogP contribution in [0.25, 0.3) is 5.57 Å². The number of rotatable bonds is 5. The molecule has 5 N–H and O–H groups in total. The number of nitrogens with one attached hydrogen (secondary N) is 2. The van der Waals surface area contributed by atoms with Gasteiger partial charge < -0.3 is 25.9 Å². The molecule has 3 rings (SSSR count). The predicted octanol–water partition coefficient (Wildman–Crippen LogP) is 2.71. The molecule has 0 saturated carbocycles. The van der Waals surface area contributed by atoms with Crippen molar-refractivity contribution in [3.63, 3.8) is 0 Å². The number of allylic oxidation sites excluding steroid dienone is 2. The zero-order valence-electron chi connectivity index (χ0n) is 16.8. The minimum absolute atomic E-state index is 0.156. The lowest BCUT2D eigenvalue weighted by molar-refractivity contribution is -0.0453. The largest absolute Gasteiger partial charge is 0.459 e. The lowest BCUT2D eigenvalue weighted by Gasteiger charge is -2.45. The smallest absolute Gasteiger partial charge is 0.317 e. The summed E-state index contributed by atoms with van der Waals surface area (Å²) in [6, 6.07) is 9.30. The fourth-order valence-electron chi connectivity index (χ4n) is 3.21. The molecule has 31 heavy (non-hydrogen) atoms. The van der Waals surface area contributed by atoms with Gasteiger partial charge in [-0.05, 0) is 50.0 Å². The highest BCUT2D eigenvalue weighted by Crippen LogP contribution is 2.42. The van der Waals surface area contributed by atoms with Crippen LogP contribution in [-0.2, 0) is 0 Å². The number of primary amides is 1. The topological polar surface area (TPSA) is 121 Å². The van der Waals surface area contributed by atoms with Crippen LogP contribution in [-0.4, -0.2) is 51.6 Å². The van der Waals surface area contributed by atoms with Gasteiger partial charge >= 0.3 is 6.03 Å². The Kier molecular flexibility index (Phi) is 6.33. The maximum atomic E-state index is 12.5. The third-order valence-electron chi connectivity index (χ3n) is 4.87. The quantitative estimate of drug-likeness (QED) is 0.309. The van der Waals surface area contributed by atoms with Crippen molar-refractivity contribution in [2.24, 2.45) is 5.73 Å². The van der Waals surface area contributed by atoms with Crippen molar-refractivity contribution in [3.05, 3.63) is 72.2 Å². The number of hydrogen-bond acceptors (Lipinski definition) is 6. The number of amides is 3. The Labute approximate surface area is 189 Å². The van der Waals surface area contributed by atoms with Crippen LogP contribution in [0.1, 0.15) is 16.1 Å². The summed E-state index contributed by atoms with van der Waals surface area (Å²) in [5.41, 5.74) is 5.11. The highest BCUT2D eigenvalue weighted by atomic mass is 35.5. The Balaban J connectivity index is 2.05. The van der Waals surface area contributed by atoms with Gasteiger partial charge in [0.25, 0.3) is 5.91 Å². The number of nitrogens with two attached hydrogens (primary N) is 1. The van der Waals surface area contributed by atoms with Crippen molar-refractivity contribution >= 4 is 52.0 Å². The number of carbonyl (C=O) groups is 2. The summed E-state index contributed by atoms with van der Waals surface area (Å²) in [6.07, 6.45) is 6.05. The molecular weight excluding hydrogens is 440 g/mol. The van der Waals surface area contributed by atoms with E-state index in [9.17, 15) is 14.7 Å². The summed E-state index contributed by atoms with van der Waals surface area (Å²) < 4.78 is 5.14. The maximum Gasteiger partial charge on any atom is 0.317 e. The van der Waals surface area contributed by atoms with E-state index in [0.29, 0.717) is 16.8 Å². The fraction of sp³-hybridized carbons (Fsp3) is 0.190. The summed E-state index contributed by atoms with van der Waals surface area (Å²) in [7, 11) is 3.23. The number of para-hydroxylation sites is 1. The zero-order chi connectivity index (χ0) is 22.8. The highest BCUT2D eigenvalue weighted by molar-refractivity contribution is 7.80. The molecule has 1 aliphatic rings. The van der Waals surface area contributed by atoms with Crippen LogP contribution in [0.3, 0.4) is 0 Å². The number of thiocarbonyl (C=S) groups is 1. The van der Waals surface area contributed by atoms with Gasteiger partial charge in [-0.3, -0.25) is 9.69 Å². The number of hydrogen-bond donors (Lipinski definition) is 4. The van der Waals surface area contributed by atoms with Gasteiger partial charge in [0.2, 0.25) is 0 Å². The third kappa shape index (κ3) is 4.26. The summed E-state index contributed by atoms with van der Waals surface area (Å²) >= 11 is 12.1. The van der Waals surface area contributed by atoms with E-state index in [4.69, 9.17) is 34.0 Å². The first-order valence-electron chi connectivity index (χ1n) is 9.14. The van der Waals surface area contributed by atoms with E-state index < -0.39 is 22.5 Å². The summed E-state index contributed by atoms with van der Waals surface area (Å²) in [5.74, 6) is -0.269. The molecule has 0 spiro atoms. The van der Waals surface area contributed by atoms with Crippen LogP contribution in [0.4, 0.5) is 10.5 Å². The van der Waals surface area contributed by atoms with Crippen LogP contribution in [0.2, 0.25) is 0 Å². The van der Waals surface area contributed by atoms with Gasteiger partial charge in [0.1, 0.15) is 4.99 Å². The Hall–Kier alpha value is -2.98. The molecule has 2 aromatic rings. The standard InChI is InChI=1S/C21H21ClN4O4S/c1-26(2)21(29)10-9-13(12-20(21,22)18(31)25-19(23)28)14-6-3-4-7-15(14)24-17(27)16-8-5-11-30-16/h3-12,29H,1-2H3,(H,24,27)(H3,23,25,28,31). The number of benzene rings is 1. The molecule has 162 valence electrons. The molecule has 2 unspecified atom stereocenters. The first-order chi connectivity index (χ1) is 14.6. The Morgan fingerprint density at radius 2 is 1.94 bits per heavy atom. The molecule has 8 nitrogen and oxygen atoms in total. The first-order valence-corrected chi connectivity index (χ1v) is 9.93. The van der Waals surface area contributed by atoms with Crippen LogP contribution < -0.4 is 16.4 Å². The molecule has 0 bridgehead atoms. The lowest BCUT2D eigenvalue weighted by atomic mass is 9.83. The van der Waals surface area contributed by atoms with Gasteiger partial charge in [-0.2, -0.15) is 0 Å². The van der Waals surface area contributed by atoms with Crippen LogP contribution in [0.5, 0.6) is 0 Å². The average Bonchev–Trinajstić information content (AvgIpc) is 3.25. The summed E-state index contributed by atoms with van der Waals surface area (Å²) in [5, 5.41) is 16.3. The van der Waals surface area contributed by atoms with Crippen LogP contribution in [0.15, 0.2) is 65.3 Å². The van der Waals surface area contributed by atoms with E-state index >= 15 is 0 Å². The summed E-state index contributed by atoms with van der Waals surface area (Å²) in [4.78, 5) is 23.4. The number of urea groups is 1. The van der Waals surface area contributed by atoms with Crippen molar-refractivity contribution in [2.45, 2.75) is 10.6 Å². The number of aliphatic hydroxyl groups is 1. The van der Waals surface area contributed by atoms with E-state index in [0.717, 1.165) is 0 Å². The monoisotopic (exact) mass is 460 g/mol. The Morgan fingerprint density at radius 1 is 1.23 bits per heavy atom. The second kappa shape index (κ2) is 8.64. The Bertz CT molecular complexity index is 1080. The minimum atomic E-state index is -1.76. The summed E-state index contributed by atoms with van der Waals surface area (Å²) in [6.45, 7) is 0. The molecule has 3 amide bonds. The van der Waals surface area contributed by atoms with Crippen molar-refractivity contribution in [3.8, 4) is 0 Å². The lowest BCUT2D eigenvalue weighted by Crippen LogP contribution is -2.64. The molecule has 2 atom stereocenters. The van der Waals surface area contributed by atoms with E-state index in [1.54, 1.807) is 56.6 Å². The molecule has 1 aliphatic carbocycles. The number of carbonyl (C=O) groups excluding carboxylic acids is 2. The maximum absolute atomic E-state index is 12.5. The molecule has 0 fully saturated rings. The van der Waals surface area contributed by atoms with Crippen LogP contribution >= 0.6 is 23.8 Å². The molecule has 1 aromatic heterocycles. The first kappa shape index (κ1) is 22.7. The van der Waals surface area contributed by atoms with E-state index in [-0.39, 0.29) is 10.7 Å². The van der Waals surface area contributed by atoms with Crippen molar-refractivity contribution in [2.75, 3.05) is 19.4 Å².